The maximum atomic E-state index is 11.9. The van der Waals surface area contributed by atoms with Crippen molar-refractivity contribution in [3.05, 3.63) is 48.7 Å². The van der Waals surface area contributed by atoms with Gasteiger partial charge in [0.2, 0.25) is 5.91 Å². The van der Waals surface area contributed by atoms with E-state index in [1.165, 1.54) is 0 Å². The lowest BCUT2D eigenvalue weighted by Gasteiger charge is -2.12. The number of nitrogens with zero attached hydrogens (tertiary/aromatic N) is 1. The normalized spacial score (nSPS) is 11.7. The summed E-state index contributed by atoms with van der Waals surface area (Å²) in [5, 5.41) is 9.03. The molecule has 1 aromatic heterocycles. The molecule has 1 atom stereocenters. The van der Waals surface area contributed by atoms with Gasteiger partial charge in [-0.1, -0.05) is 25.1 Å². The van der Waals surface area contributed by atoms with Gasteiger partial charge in [0.25, 0.3) is 0 Å². The van der Waals surface area contributed by atoms with Gasteiger partial charge in [0.15, 0.2) is 0 Å². The van der Waals surface area contributed by atoms with Crippen molar-refractivity contribution < 1.29 is 4.79 Å². The highest BCUT2D eigenvalue weighted by Gasteiger charge is 2.11. The van der Waals surface area contributed by atoms with Crippen molar-refractivity contribution >= 4 is 23.1 Å². The molecule has 1 heterocycles. The first-order valence-electron chi connectivity index (χ1n) is 6.92. The number of nitrogens with one attached hydrogen (secondary N) is 3. The van der Waals surface area contributed by atoms with Crippen molar-refractivity contribution in [3.63, 3.8) is 0 Å². The van der Waals surface area contributed by atoms with Gasteiger partial charge in [0.05, 0.1) is 11.9 Å². The van der Waals surface area contributed by atoms with Crippen molar-refractivity contribution in [2.75, 3.05) is 24.2 Å². The molecular weight excluding hydrogens is 264 g/mol. The summed E-state index contributed by atoms with van der Waals surface area (Å²) in [6, 6.07) is 13.5. The molecular formula is C16H20N4O. The van der Waals surface area contributed by atoms with Crippen molar-refractivity contribution in [1.29, 1.82) is 0 Å². The maximum Gasteiger partial charge on any atom is 0.228 e. The number of carbonyl (C=O) groups is 1. The lowest BCUT2D eigenvalue weighted by Crippen LogP contribution is -2.28. The highest BCUT2D eigenvalue weighted by molar-refractivity contribution is 5.92. The van der Waals surface area contributed by atoms with Gasteiger partial charge in [-0.3, -0.25) is 4.79 Å². The minimum Gasteiger partial charge on any atom is -0.340 e. The van der Waals surface area contributed by atoms with Crippen LogP contribution in [0.3, 0.4) is 0 Å². The Morgan fingerprint density at radius 1 is 1.14 bits per heavy atom. The van der Waals surface area contributed by atoms with Crippen LogP contribution in [0.15, 0.2) is 48.7 Å². The Morgan fingerprint density at radius 2 is 1.90 bits per heavy atom. The minimum atomic E-state index is -0.0860. The summed E-state index contributed by atoms with van der Waals surface area (Å²) in [5.74, 6) is 0.634. The van der Waals surface area contributed by atoms with E-state index in [4.69, 9.17) is 0 Å². The topological polar surface area (TPSA) is 66.1 Å². The first-order valence-corrected chi connectivity index (χ1v) is 6.92. The van der Waals surface area contributed by atoms with Gasteiger partial charge in [-0.05, 0) is 31.3 Å². The number of carbonyl (C=O) groups excluding carboxylic acids is 1. The molecule has 0 fully saturated rings. The number of hydrogen-bond donors (Lipinski definition) is 3. The Balaban J connectivity index is 1.94. The number of benzene rings is 1. The van der Waals surface area contributed by atoms with Crippen LogP contribution >= 0.6 is 0 Å². The van der Waals surface area contributed by atoms with Crippen molar-refractivity contribution in [1.82, 2.24) is 10.3 Å². The van der Waals surface area contributed by atoms with Gasteiger partial charge in [0, 0.05) is 18.2 Å². The molecule has 2 aromatic rings. The summed E-state index contributed by atoms with van der Waals surface area (Å²) in [6.45, 7) is 2.53. The quantitative estimate of drug-likeness (QED) is 0.763. The third kappa shape index (κ3) is 4.57. The molecule has 3 N–H and O–H groups in total. The molecule has 0 aliphatic carbocycles. The van der Waals surface area contributed by atoms with Crippen LogP contribution in [0, 0.1) is 5.92 Å². The second-order valence-corrected chi connectivity index (χ2v) is 4.87. The summed E-state index contributed by atoms with van der Waals surface area (Å²) >= 11 is 0. The standard InChI is InChI=1S/C16H20N4O/c1-12(10-17-2)16(21)20-14-8-9-15(18-11-14)19-13-6-4-3-5-7-13/h3-9,11-12,17H,10H2,1-2H3,(H,18,19)(H,20,21). The molecule has 0 saturated carbocycles. The molecule has 1 amide bonds. The number of para-hydroxylation sites is 1. The van der Waals surface area contributed by atoms with Crippen molar-refractivity contribution in [3.8, 4) is 0 Å². The van der Waals surface area contributed by atoms with Crippen LogP contribution < -0.4 is 16.0 Å². The van der Waals surface area contributed by atoms with Crippen molar-refractivity contribution in [2.45, 2.75) is 6.92 Å². The molecule has 0 aliphatic heterocycles. The Kier molecular flexibility index (Phi) is 5.29. The molecule has 0 spiro atoms. The fraction of sp³-hybridized carbons (Fsp3) is 0.250. The second-order valence-electron chi connectivity index (χ2n) is 4.87. The van der Waals surface area contributed by atoms with Gasteiger partial charge in [-0.25, -0.2) is 4.98 Å². The van der Waals surface area contributed by atoms with Crippen LogP contribution in [-0.2, 0) is 4.79 Å². The van der Waals surface area contributed by atoms with E-state index in [0.29, 0.717) is 12.2 Å². The first-order chi connectivity index (χ1) is 10.2. The zero-order chi connectivity index (χ0) is 15.1. The van der Waals surface area contributed by atoms with Crippen molar-refractivity contribution in [2.24, 2.45) is 5.92 Å². The fourth-order valence-electron chi connectivity index (χ4n) is 1.88. The van der Waals surface area contributed by atoms with Crippen LogP contribution in [0.25, 0.3) is 0 Å². The van der Waals surface area contributed by atoms with Gasteiger partial charge in [-0.2, -0.15) is 0 Å². The smallest absolute Gasteiger partial charge is 0.228 e. The molecule has 0 bridgehead atoms. The third-order valence-corrected chi connectivity index (χ3v) is 3.04. The fourth-order valence-corrected chi connectivity index (χ4v) is 1.88. The molecule has 21 heavy (non-hydrogen) atoms. The molecule has 1 unspecified atom stereocenters. The van der Waals surface area contributed by atoms with E-state index >= 15 is 0 Å². The monoisotopic (exact) mass is 284 g/mol. The van der Waals surface area contributed by atoms with E-state index in [-0.39, 0.29) is 11.8 Å². The molecule has 5 heteroatoms. The van der Waals surface area contributed by atoms with Gasteiger partial charge in [-0.15, -0.1) is 0 Å². The van der Waals surface area contributed by atoms with Gasteiger partial charge in [0.1, 0.15) is 5.82 Å². The Labute approximate surface area is 124 Å². The van der Waals surface area contributed by atoms with E-state index in [0.717, 1.165) is 11.5 Å². The Morgan fingerprint density at radius 3 is 2.52 bits per heavy atom. The molecule has 2 rings (SSSR count). The predicted octanol–water partition coefficient (Wildman–Crippen LogP) is 2.62. The van der Waals surface area contributed by atoms with E-state index in [1.807, 2.05) is 56.4 Å². The lowest BCUT2D eigenvalue weighted by atomic mass is 10.1. The number of rotatable bonds is 6. The van der Waals surface area contributed by atoms with Crippen LogP contribution in [0.2, 0.25) is 0 Å². The van der Waals surface area contributed by atoms with E-state index in [9.17, 15) is 4.79 Å². The Hall–Kier alpha value is -2.40. The second kappa shape index (κ2) is 7.40. The molecule has 0 aliphatic rings. The largest absolute Gasteiger partial charge is 0.340 e. The number of anilines is 3. The van der Waals surface area contributed by atoms with Crippen LogP contribution in [-0.4, -0.2) is 24.5 Å². The number of hydrogen-bond acceptors (Lipinski definition) is 4. The minimum absolute atomic E-state index is 0.0186. The highest BCUT2D eigenvalue weighted by atomic mass is 16.1. The highest BCUT2D eigenvalue weighted by Crippen LogP contribution is 2.16. The molecule has 0 saturated heterocycles. The third-order valence-electron chi connectivity index (χ3n) is 3.04. The average Bonchev–Trinajstić information content (AvgIpc) is 2.50. The zero-order valence-corrected chi connectivity index (χ0v) is 12.3. The lowest BCUT2D eigenvalue weighted by molar-refractivity contribution is -0.119. The summed E-state index contributed by atoms with van der Waals surface area (Å²) in [6.07, 6.45) is 1.65. The number of amides is 1. The van der Waals surface area contributed by atoms with E-state index < -0.39 is 0 Å². The Bertz CT molecular complexity index is 569. The summed E-state index contributed by atoms with van der Waals surface area (Å²) in [7, 11) is 1.83. The zero-order valence-electron chi connectivity index (χ0n) is 12.3. The van der Waals surface area contributed by atoms with Crippen LogP contribution in [0.1, 0.15) is 6.92 Å². The van der Waals surface area contributed by atoms with E-state index in [1.54, 1.807) is 6.20 Å². The number of aromatic nitrogens is 1. The summed E-state index contributed by atoms with van der Waals surface area (Å²) < 4.78 is 0. The SMILES string of the molecule is CNCC(C)C(=O)Nc1ccc(Nc2ccccc2)nc1. The number of pyridine rings is 1. The average molecular weight is 284 g/mol. The summed E-state index contributed by atoms with van der Waals surface area (Å²) in [5.41, 5.74) is 1.67. The van der Waals surface area contributed by atoms with Crippen LogP contribution in [0.5, 0.6) is 0 Å². The first kappa shape index (κ1) is 15.0. The predicted molar refractivity (Wildman–Crippen MR) is 85.7 cm³/mol. The van der Waals surface area contributed by atoms with Gasteiger partial charge >= 0.3 is 0 Å². The van der Waals surface area contributed by atoms with Crippen LogP contribution in [0.4, 0.5) is 17.2 Å². The van der Waals surface area contributed by atoms with Gasteiger partial charge < -0.3 is 16.0 Å². The maximum absolute atomic E-state index is 11.9. The molecule has 1 aromatic carbocycles. The molecule has 5 nitrogen and oxygen atoms in total. The molecule has 0 radical (unpaired) electrons. The summed E-state index contributed by atoms with van der Waals surface area (Å²) in [4.78, 5) is 16.2. The molecule has 110 valence electrons. The van der Waals surface area contributed by atoms with E-state index in [2.05, 4.69) is 20.9 Å².